The number of hydrogen-bond donors (Lipinski definition) is 7. The molecule has 6 rings (SSSR count). The van der Waals surface area contributed by atoms with Crippen molar-refractivity contribution in [1.82, 2.24) is 30.8 Å². The van der Waals surface area contributed by atoms with Crippen molar-refractivity contribution in [1.29, 1.82) is 0 Å². The van der Waals surface area contributed by atoms with Gasteiger partial charge in [-0.25, -0.2) is 4.98 Å². The number of amides is 3. The maximum atomic E-state index is 14.6. The van der Waals surface area contributed by atoms with Crippen LogP contribution in [-0.4, -0.2) is 70.9 Å². The van der Waals surface area contributed by atoms with Crippen LogP contribution >= 0.6 is 36.0 Å². The summed E-state index contributed by atoms with van der Waals surface area (Å²) in [7, 11) is 1.63. The van der Waals surface area contributed by atoms with E-state index in [0.29, 0.717) is 48.8 Å². The van der Waals surface area contributed by atoms with E-state index in [1.165, 1.54) is 16.7 Å². The third-order valence-corrected chi connectivity index (χ3v) is 11.9. The first-order valence-electron chi connectivity index (χ1n) is 18.4. The number of fused-ring (bicyclic) bond motifs is 3. The average Bonchev–Trinajstić information content (AvgIpc) is 3.61. The van der Waals surface area contributed by atoms with Crippen LogP contribution in [-0.2, 0) is 33.9 Å². The van der Waals surface area contributed by atoms with Crippen molar-refractivity contribution in [3.05, 3.63) is 107 Å². The topological polar surface area (TPSA) is 171 Å². The maximum Gasteiger partial charge on any atom is 0.245 e. The lowest BCUT2D eigenvalue weighted by Gasteiger charge is -2.32. The number of benzene rings is 3. The number of aromatic amines is 1. The normalized spacial score (nSPS) is 18.7. The summed E-state index contributed by atoms with van der Waals surface area (Å²) in [5.74, 6) is -1.08. The maximum absolute atomic E-state index is 14.6. The Morgan fingerprint density at radius 2 is 1.71 bits per heavy atom. The van der Waals surface area contributed by atoms with Gasteiger partial charge in [-0.05, 0) is 96.9 Å². The number of hydrogen-bond acceptors (Lipinski definition) is 9. The lowest BCUT2D eigenvalue weighted by Crippen LogP contribution is -2.57. The summed E-state index contributed by atoms with van der Waals surface area (Å²) in [6.07, 6.45) is 5.79. The Balaban J connectivity index is 1.47. The fourth-order valence-corrected chi connectivity index (χ4v) is 8.39. The van der Waals surface area contributed by atoms with Gasteiger partial charge in [0.1, 0.15) is 17.1 Å². The number of pyridine rings is 1. The Kier molecular flexibility index (Phi) is 13.9. The average molecular weight is 799 g/mol. The molecule has 3 atom stereocenters. The zero-order valence-electron chi connectivity index (χ0n) is 30.7. The van der Waals surface area contributed by atoms with Gasteiger partial charge in [-0.2, -0.15) is 0 Å². The summed E-state index contributed by atoms with van der Waals surface area (Å²) in [5, 5.41) is 11.7. The summed E-state index contributed by atoms with van der Waals surface area (Å²) < 4.78 is 0. The van der Waals surface area contributed by atoms with Gasteiger partial charge in [0.15, 0.2) is 0 Å². The van der Waals surface area contributed by atoms with E-state index >= 15 is 0 Å². The minimum atomic E-state index is -0.932. The van der Waals surface area contributed by atoms with E-state index in [0.717, 1.165) is 48.5 Å². The number of nitrogens with two attached hydrogens (primary N) is 2. The molecule has 0 aliphatic carbocycles. The van der Waals surface area contributed by atoms with Crippen molar-refractivity contribution < 1.29 is 14.4 Å². The molecule has 0 saturated carbocycles. The smallest absolute Gasteiger partial charge is 0.245 e. The number of nitrogens with zero attached hydrogens (tertiary/aromatic N) is 2. The number of unbranched alkanes of at least 4 members (excludes halogenated alkanes) is 1. The van der Waals surface area contributed by atoms with Gasteiger partial charge in [0, 0.05) is 59.6 Å². The fraction of sp³-hybridized carbons (Fsp3) is 0.317. The SMILES string of the molecule is CN1C(=O)[C@H](CCCCN)NC(=O)[C@H](CCN)NCc2cccnc2Sc2c(Cl)ccc(-c3ccc(S)cc3)c2CNC(=O)[C@@H]1Cc1c[nH]c2ccccc12. The molecule has 0 spiro atoms. The summed E-state index contributed by atoms with van der Waals surface area (Å²) >= 11 is 12.9. The molecule has 3 heterocycles. The number of carbonyl (C=O) groups excluding carboxylic acids is 3. The zero-order valence-corrected chi connectivity index (χ0v) is 33.2. The van der Waals surface area contributed by atoms with Crippen LogP contribution in [0.2, 0.25) is 5.02 Å². The summed E-state index contributed by atoms with van der Waals surface area (Å²) in [5.41, 5.74) is 17.1. The van der Waals surface area contributed by atoms with Crippen LogP contribution in [0.15, 0.2) is 100 Å². The van der Waals surface area contributed by atoms with Gasteiger partial charge in [0.2, 0.25) is 17.7 Å². The second-order valence-corrected chi connectivity index (χ2v) is 15.5. The predicted molar refractivity (Wildman–Crippen MR) is 222 cm³/mol. The first kappa shape index (κ1) is 40.3. The van der Waals surface area contributed by atoms with Crippen molar-refractivity contribution in [2.75, 3.05) is 20.1 Å². The van der Waals surface area contributed by atoms with Gasteiger partial charge in [0.05, 0.1) is 11.1 Å². The van der Waals surface area contributed by atoms with Crippen molar-refractivity contribution in [3.8, 4) is 11.1 Å². The second kappa shape index (κ2) is 19.0. The molecule has 2 aromatic heterocycles. The van der Waals surface area contributed by atoms with Crippen LogP contribution in [0, 0.1) is 0 Å². The summed E-state index contributed by atoms with van der Waals surface area (Å²) in [6.45, 7) is 1.12. The molecule has 0 radical (unpaired) electrons. The van der Waals surface area contributed by atoms with E-state index in [1.54, 1.807) is 13.2 Å². The lowest BCUT2D eigenvalue weighted by molar-refractivity contribution is -0.142. The molecule has 0 saturated heterocycles. The van der Waals surface area contributed by atoms with Crippen molar-refractivity contribution in [2.24, 2.45) is 11.5 Å². The summed E-state index contributed by atoms with van der Waals surface area (Å²) in [6, 6.07) is 20.7. The molecule has 11 nitrogen and oxygen atoms in total. The molecular formula is C41H47ClN8O3S2. The minimum Gasteiger partial charge on any atom is -0.361 e. The number of para-hydroxylation sites is 1. The largest absolute Gasteiger partial charge is 0.361 e. The molecule has 3 aromatic carbocycles. The van der Waals surface area contributed by atoms with Crippen LogP contribution in [0.1, 0.15) is 42.4 Å². The number of likely N-dealkylation sites (N-methyl/N-ethyl adjacent to an activating group) is 1. The number of thiol groups is 1. The molecule has 5 aromatic rings. The fourth-order valence-electron chi connectivity index (χ4n) is 6.90. The van der Waals surface area contributed by atoms with Crippen LogP contribution in [0.5, 0.6) is 0 Å². The van der Waals surface area contributed by atoms with E-state index in [2.05, 4.69) is 33.6 Å². The van der Waals surface area contributed by atoms with Gasteiger partial charge in [-0.15, -0.1) is 12.6 Å². The second-order valence-electron chi connectivity index (χ2n) is 13.6. The highest BCUT2D eigenvalue weighted by atomic mass is 35.5. The molecule has 288 valence electrons. The number of halogens is 1. The number of rotatable bonds is 9. The van der Waals surface area contributed by atoms with Gasteiger partial charge in [0.25, 0.3) is 0 Å². The Morgan fingerprint density at radius 3 is 2.49 bits per heavy atom. The zero-order chi connectivity index (χ0) is 38.9. The highest BCUT2D eigenvalue weighted by Gasteiger charge is 2.34. The number of carbonyl (C=O) groups is 3. The van der Waals surface area contributed by atoms with E-state index < -0.39 is 18.1 Å². The van der Waals surface area contributed by atoms with Crippen LogP contribution < -0.4 is 27.4 Å². The molecule has 0 bridgehead atoms. The van der Waals surface area contributed by atoms with E-state index in [1.807, 2.05) is 79.0 Å². The third kappa shape index (κ3) is 9.72. The van der Waals surface area contributed by atoms with Gasteiger partial charge in [-0.1, -0.05) is 65.8 Å². The lowest BCUT2D eigenvalue weighted by atomic mass is 9.98. The van der Waals surface area contributed by atoms with Crippen LogP contribution in [0.3, 0.4) is 0 Å². The molecule has 14 heteroatoms. The van der Waals surface area contributed by atoms with E-state index in [-0.39, 0.29) is 37.2 Å². The van der Waals surface area contributed by atoms with Gasteiger partial charge in [-0.3, -0.25) is 14.4 Å². The summed E-state index contributed by atoms with van der Waals surface area (Å²) in [4.78, 5) is 54.2. The predicted octanol–water partition coefficient (Wildman–Crippen LogP) is 5.44. The molecule has 0 unspecified atom stereocenters. The van der Waals surface area contributed by atoms with E-state index in [9.17, 15) is 14.4 Å². The highest BCUT2D eigenvalue weighted by Crippen LogP contribution is 2.41. The molecule has 1 aliphatic rings. The van der Waals surface area contributed by atoms with Crippen LogP contribution in [0.25, 0.3) is 22.0 Å². The molecular weight excluding hydrogens is 752 g/mol. The first-order valence-corrected chi connectivity index (χ1v) is 20.1. The van der Waals surface area contributed by atoms with Crippen LogP contribution in [0.4, 0.5) is 0 Å². The van der Waals surface area contributed by atoms with Gasteiger partial charge < -0.3 is 37.3 Å². The standard InChI is InChI=1S/C41H47ClN8O3S2/c1-50-36(21-27-23-46-33-9-3-2-8-30(27)33)39(52)48-24-31-29(25-11-13-28(54)14-12-25)15-16-32(42)37(31)55-40-26(7-6-20-45-40)22-47-34(17-19-44)38(51)49-35(41(50)53)10-4-5-18-43/h2-3,6-9,11-16,20,23,34-36,46-47,54H,4-5,10,17-19,21-22,24,43-44H2,1H3,(H,48,52)(H,49,51)/t34-,35-,36-/m0/s1. The Labute approximate surface area is 336 Å². The molecule has 55 heavy (non-hydrogen) atoms. The molecule has 1 aliphatic heterocycles. The van der Waals surface area contributed by atoms with Crippen molar-refractivity contribution in [2.45, 2.75) is 78.1 Å². The molecule has 0 fully saturated rings. The molecule has 8 N–H and O–H groups in total. The Bertz CT molecular complexity index is 2130. The number of H-pyrrole nitrogens is 1. The third-order valence-electron chi connectivity index (χ3n) is 9.96. The number of aromatic nitrogens is 2. The Morgan fingerprint density at radius 1 is 0.909 bits per heavy atom. The van der Waals surface area contributed by atoms with Gasteiger partial charge >= 0.3 is 0 Å². The van der Waals surface area contributed by atoms with Crippen molar-refractivity contribution in [3.63, 3.8) is 0 Å². The quantitative estimate of drug-likeness (QED) is 0.0764. The van der Waals surface area contributed by atoms with Crippen molar-refractivity contribution >= 4 is 64.6 Å². The first-order chi connectivity index (χ1) is 26.7. The minimum absolute atomic E-state index is 0.113. The Hall–Kier alpha value is -4.37. The highest BCUT2D eigenvalue weighted by molar-refractivity contribution is 7.99. The molecule has 3 amide bonds. The van der Waals surface area contributed by atoms with E-state index in [4.69, 9.17) is 28.1 Å². The number of nitrogens with one attached hydrogen (secondary N) is 4. The monoisotopic (exact) mass is 798 g/mol.